The molecule has 12 heteroatoms. The molecule has 1 aromatic heterocycles. The number of rotatable bonds is 16. The van der Waals surface area contributed by atoms with Gasteiger partial charge in [0.1, 0.15) is 11.8 Å². The van der Waals surface area contributed by atoms with Crippen molar-refractivity contribution in [2.24, 2.45) is 5.73 Å². The quantitative estimate of drug-likeness (QED) is 0.201. The smallest absolute Gasteiger partial charge is 0.271 e. The van der Waals surface area contributed by atoms with Crippen molar-refractivity contribution in [2.45, 2.75) is 52.6 Å². The number of carbonyl (C=O) groups is 3. The molecule has 230 valence electrons. The number of aromatic nitrogens is 2. The highest BCUT2D eigenvalue weighted by Crippen LogP contribution is 2.27. The van der Waals surface area contributed by atoms with Crippen molar-refractivity contribution in [3.05, 3.63) is 47.8 Å². The van der Waals surface area contributed by atoms with Crippen molar-refractivity contribution in [3.63, 3.8) is 0 Å². The van der Waals surface area contributed by atoms with Gasteiger partial charge in [0, 0.05) is 51.1 Å². The van der Waals surface area contributed by atoms with Gasteiger partial charge in [0.2, 0.25) is 11.8 Å². The first-order chi connectivity index (χ1) is 19.8. The Morgan fingerprint density at radius 3 is 2.43 bits per heavy atom. The molecule has 3 amide bonds. The summed E-state index contributed by atoms with van der Waals surface area (Å²) in [6.07, 6.45) is 4.41. The number of hydrogen-bond acceptors (Lipinski definition) is 9. The van der Waals surface area contributed by atoms with Crippen LogP contribution in [0.4, 0.5) is 17.3 Å². The summed E-state index contributed by atoms with van der Waals surface area (Å²) in [6.45, 7) is 9.15. The molecule has 2 aromatic rings. The van der Waals surface area contributed by atoms with E-state index in [-0.39, 0.29) is 29.4 Å². The highest BCUT2D eigenvalue weighted by atomic mass is 16.5. The highest BCUT2D eigenvalue weighted by molar-refractivity contribution is 5.96. The molecule has 0 saturated carbocycles. The second-order valence-corrected chi connectivity index (χ2v) is 10.5. The first-order valence-corrected chi connectivity index (χ1v) is 14.1. The molecule has 4 N–H and O–H groups in total. The molecule has 1 heterocycles. The molecule has 0 bridgehead atoms. The van der Waals surface area contributed by atoms with E-state index in [0.717, 1.165) is 0 Å². The summed E-state index contributed by atoms with van der Waals surface area (Å²) in [7, 11) is 7.37. The average molecular weight is 583 g/mol. The maximum absolute atomic E-state index is 12.5. The molecule has 0 spiro atoms. The third kappa shape index (κ3) is 10.0. The minimum atomic E-state index is -0.668. The van der Waals surface area contributed by atoms with Crippen molar-refractivity contribution in [1.82, 2.24) is 25.1 Å². The number of hydrogen-bond donors (Lipinski definition) is 3. The van der Waals surface area contributed by atoms with Gasteiger partial charge in [0.25, 0.3) is 5.91 Å². The van der Waals surface area contributed by atoms with Gasteiger partial charge in [-0.15, -0.1) is 0 Å². The molecule has 2 rings (SSSR count). The van der Waals surface area contributed by atoms with Gasteiger partial charge < -0.3 is 35.8 Å². The summed E-state index contributed by atoms with van der Waals surface area (Å²) < 4.78 is 5.88. The van der Waals surface area contributed by atoms with Crippen molar-refractivity contribution >= 4 is 35.0 Å². The molecule has 12 nitrogen and oxygen atoms in total. The molecular weight excluding hydrogens is 536 g/mol. The predicted octanol–water partition coefficient (Wildman–Crippen LogP) is 2.58. The normalized spacial score (nSPS) is 12.0. The monoisotopic (exact) mass is 582 g/mol. The molecule has 0 saturated heterocycles. The lowest BCUT2D eigenvalue weighted by Gasteiger charge is -2.25. The van der Waals surface area contributed by atoms with Crippen LogP contribution in [0.2, 0.25) is 0 Å². The van der Waals surface area contributed by atoms with E-state index in [0.29, 0.717) is 55.5 Å². The molecule has 0 aliphatic rings. The predicted molar refractivity (Wildman–Crippen MR) is 166 cm³/mol. The zero-order chi connectivity index (χ0) is 31.4. The SMILES string of the molecule is CCc1nc(C(N)=O)c(Nc2cccc(OCCCNC(=O)[C@H](C)N(C)C(=O)/C=C/CN(C)C)c2)nc1N(C)C(C)C. The van der Waals surface area contributed by atoms with Gasteiger partial charge in [-0.25, -0.2) is 9.97 Å². The number of ether oxygens (including phenoxy) is 1. The van der Waals surface area contributed by atoms with Crippen LogP contribution in [-0.2, 0) is 16.0 Å². The third-order valence-corrected chi connectivity index (χ3v) is 6.65. The lowest BCUT2D eigenvalue weighted by molar-refractivity contribution is -0.135. The second kappa shape index (κ2) is 16.3. The van der Waals surface area contributed by atoms with Gasteiger partial charge in [-0.2, -0.15) is 0 Å². The highest BCUT2D eigenvalue weighted by Gasteiger charge is 2.21. The molecule has 0 fully saturated rings. The Balaban J connectivity index is 1.96. The van der Waals surface area contributed by atoms with E-state index in [1.54, 1.807) is 26.1 Å². The summed E-state index contributed by atoms with van der Waals surface area (Å²) in [5, 5.41) is 6.02. The zero-order valence-electron chi connectivity index (χ0n) is 26.1. The van der Waals surface area contributed by atoms with Crippen LogP contribution in [0.3, 0.4) is 0 Å². The number of benzene rings is 1. The number of nitrogens with zero attached hydrogens (tertiary/aromatic N) is 5. The first kappa shape index (κ1) is 34.0. The fourth-order valence-corrected chi connectivity index (χ4v) is 3.75. The van der Waals surface area contributed by atoms with Crippen molar-refractivity contribution in [2.75, 3.05) is 58.1 Å². The van der Waals surface area contributed by atoms with Crippen LogP contribution in [0.5, 0.6) is 5.75 Å². The van der Waals surface area contributed by atoms with Crippen LogP contribution in [0, 0.1) is 0 Å². The van der Waals surface area contributed by atoms with E-state index in [2.05, 4.69) is 29.5 Å². The van der Waals surface area contributed by atoms with Gasteiger partial charge in [-0.05, 0) is 59.8 Å². The molecule has 0 unspecified atom stereocenters. The lowest BCUT2D eigenvalue weighted by Crippen LogP contribution is -2.45. The molecule has 42 heavy (non-hydrogen) atoms. The minimum absolute atomic E-state index is 0.0703. The fraction of sp³-hybridized carbons (Fsp3) is 0.500. The summed E-state index contributed by atoms with van der Waals surface area (Å²) in [6, 6.07) is 6.83. The molecule has 1 atom stereocenters. The van der Waals surface area contributed by atoms with Crippen LogP contribution < -0.4 is 26.0 Å². The number of carbonyl (C=O) groups excluding carboxylic acids is 3. The van der Waals surface area contributed by atoms with Crippen molar-refractivity contribution in [1.29, 1.82) is 0 Å². The third-order valence-electron chi connectivity index (χ3n) is 6.65. The van der Waals surface area contributed by atoms with E-state index in [9.17, 15) is 14.4 Å². The molecular formula is C30H46N8O4. The molecule has 1 aromatic carbocycles. The van der Waals surface area contributed by atoms with Crippen molar-refractivity contribution < 1.29 is 19.1 Å². The summed E-state index contributed by atoms with van der Waals surface area (Å²) in [5.74, 6) is 0.426. The van der Waals surface area contributed by atoms with E-state index in [1.807, 2.05) is 56.1 Å². The lowest BCUT2D eigenvalue weighted by atomic mass is 10.2. The Labute approximate surface area is 249 Å². The van der Waals surface area contributed by atoms with Gasteiger partial charge >= 0.3 is 0 Å². The van der Waals surface area contributed by atoms with Gasteiger partial charge in [-0.3, -0.25) is 14.4 Å². The van der Waals surface area contributed by atoms with Gasteiger partial charge in [0.15, 0.2) is 17.3 Å². The number of nitrogens with one attached hydrogen (secondary N) is 2. The van der Waals surface area contributed by atoms with E-state index in [1.165, 1.54) is 11.0 Å². The Bertz CT molecular complexity index is 1250. The van der Waals surface area contributed by atoms with Crippen LogP contribution >= 0.6 is 0 Å². The Kier molecular flexibility index (Phi) is 13.2. The number of aryl methyl sites for hydroxylation is 1. The summed E-state index contributed by atoms with van der Waals surface area (Å²) in [5.41, 5.74) is 7.05. The topological polar surface area (TPSA) is 146 Å². The largest absolute Gasteiger partial charge is 0.493 e. The molecule has 0 radical (unpaired) electrons. The van der Waals surface area contributed by atoms with Gasteiger partial charge in [0.05, 0.1) is 12.3 Å². The summed E-state index contributed by atoms with van der Waals surface area (Å²) >= 11 is 0. The van der Waals surface area contributed by atoms with Crippen LogP contribution in [0.25, 0.3) is 0 Å². The standard InChI is InChI=1S/C30H46N8O4/c1-9-24-29(37(7)20(2)3)35-28(26(34-24)27(31)40)33-22-13-10-14-23(19-22)42-18-12-16-32-30(41)21(4)38(8)25(39)15-11-17-36(5)6/h10-11,13-15,19-21H,9,12,16-18H2,1-8H3,(H2,31,40)(H,32,41)(H,33,35)/b15-11+/t21-/m0/s1. The van der Waals surface area contributed by atoms with Crippen LogP contribution in [0.15, 0.2) is 36.4 Å². The first-order valence-electron chi connectivity index (χ1n) is 14.1. The van der Waals surface area contributed by atoms with E-state index < -0.39 is 11.9 Å². The number of amides is 3. The average Bonchev–Trinajstić information content (AvgIpc) is 2.95. The Hall–Kier alpha value is -4.19. The fourth-order valence-electron chi connectivity index (χ4n) is 3.75. The zero-order valence-corrected chi connectivity index (χ0v) is 26.1. The van der Waals surface area contributed by atoms with E-state index in [4.69, 9.17) is 15.5 Å². The number of primary amides is 1. The molecule has 0 aliphatic heterocycles. The van der Waals surface area contributed by atoms with Crippen LogP contribution in [0.1, 0.15) is 50.3 Å². The van der Waals surface area contributed by atoms with Crippen molar-refractivity contribution in [3.8, 4) is 5.75 Å². The number of anilines is 3. The number of likely N-dealkylation sites (N-methyl/N-ethyl adjacent to an activating group) is 2. The number of nitrogens with two attached hydrogens (primary N) is 1. The van der Waals surface area contributed by atoms with Gasteiger partial charge in [-0.1, -0.05) is 19.1 Å². The Morgan fingerprint density at radius 2 is 1.81 bits per heavy atom. The van der Waals surface area contributed by atoms with Crippen LogP contribution in [-0.4, -0.2) is 97.5 Å². The maximum atomic E-state index is 12.5. The Morgan fingerprint density at radius 1 is 1.10 bits per heavy atom. The van der Waals surface area contributed by atoms with E-state index >= 15 is 0 Å². The summed E-state index contributed by atoms with van der Waals surface area (Å²) in [4.78, 5) is 51.5. The minimum Gasteiger partial charge on any atom is -0.493 e. The second-order valence-electron chi connectivity index (χ2n) is 10.5. The molecule has 0 aliphatic carbocycles. The maximum Gasteiger partial charge on any atom is 0.271 e.